The molecule has 1 aliphatic heterocycles. The van der Waals surface area contributed by atoms with E-state index in [9.17, 15) is 4.79 Å². The van der Waals surface area contributed by atoms with Crippen LogP contribution in [0, 0.1) is 6.92 Å². The number of amides is 1. The first-order chi connectivity index (χ1) is 14.2. The van der Waals surface area contributed by atoms with E-state index in [0.717, 1.165) is 42.4 Å². The zero-order valence-electron chi connectivity index (χ0n) is 16.5. The summed E-state index contributed by atoms with van der Waals surface area (Å²) in [6, 6.07) is 13.1. The molecule has 1 aromatic carbocycles. The van der Waals surface area contributed by atoms with Crippen molar-refractivity contribution in [1.29, 1.82) is 0 Å². The normalized spacial score (nSPS) is 15.6. The molecule has 3 heterocycles. The van der Waals surface area contributed by atoms with Gasteiger partial charge in [-0.25, -0.2) is 9.97 Å². The summed E-state index contributed by atoms with van der Waals surface area (Å²) < 4.78 is 0. The molecule has 5 rings (SSSR count). The SMILES string of the molecule is Cc1cc(C(=O)N2CCc3cc(CCNC4CC4)sc3-c3ccccc32)ncn1. The number of fused-ring (bicyclic) bond motifs is 3. The van der Waals surface area contributed by atoms with Gasteiger partial charge >= 0.3 is 0 Å². The number of benzene rings is 1. The van der Waals surface area contributed by atoms with Gasteiger partial charge in [-0.1, -0.05) is 18.2 Å². The Hall–Kier alpha value is -2.57. The number of aromatic nitrogens is 2. The van der Waals surface area contributed by atoms with Crippen molar-refractivity contribution in [2.24, 2.45) is 0 Å². The third kappa shape index (κ3) is 3.82. The highest BCUT2D eigenvalue weighted by atomic mass is 32.1. The molecule has 0 radical (unpaired) electrons. The van der Waals surface area contributed by atoms with Crippen molar-refractivity contribution in [3.05, 3.63) is 64.6 Å². The molecule has 0 atom stereocenters. The molecule has 29 heavy (non-hydrogen) atoms. The van der Waals surface area contributed by atoms with Crippen molar-refractivity contribution >= 4 is 22.9 Å². The van der Waals surface area contributed by atoms with Gasteiger partial charge in [0.05, 0.1) is 5.69 Å². The summed E-state index contributed by atoms with van der Waals surface area (Å²) in [6.45, 7) is 3.58. The summed E-state index contributed by atoms with van der Waals surface area (Å²) in [5.41, 5.74) is 4.71. The summed E-state index contributed by atoms with van der Waals surface area (Å²) >= 11 is 1.87. The van der Waals surface area contributed by atoms with Crippen molar-refractivity contribution in [3.8, 4) is 10.4 Å². The van der Waals surface area contributed by atoms with Gasteiger partial charge in [-0.3, -0.25) is 4.79 Å². The maximum Gasteiger partial charge on any atom is 0.277 e. The highest BCUT2D eigenvalue weighted by Gasteiger charge is 2.27. The number of hydrogen-bond acceptors (Lipinski definition) is 5. The fourth-order valence-electron chi connectivity index (χ4n) is 3.88. The average Bonchev–Trinajstić information content (AvgIpc) is 3.49. The number of carbonyl (C=O) groups is 1. The predicted octanol–water partition coefficient (Wildman–Crippen LogP) is 4.01. The lowest BCUT2D eigenvalue weighted by Gasteiger charge is -2.22. The van der Waals surface area contributed by atoms with Crippen LogP contribution in [0.5, 0.6) is 0 Å². The van der Waals surface area contributed by atoms with Crippen LogP contribution in [0.1, 0.15) is 39.5 Å². The standard InChI is InChI=1S/C23H24N4OS/c1-15-12-20(26-14-25-15)23(28)27-11-9-16-13-18(8-10-24-17-6-7-17)29-22(16)19-4-2-3-5-21(19)27/h2-5,12-14,17,24H,6-11H2,1H3. The number of anilines is 1. The summed E-state index contributed by atoms with van der Waals surface area (Å²) in [4.78, 5) is 26.2. The molecule has 3 aromatic rings. The molecule has 0 spiro atoms. The molecule has 148 valence electrons. The Morgan fingerprint density at radius 2 is 2.10 bits per heavy atom. The minimum atomic E-state index is -0.0630. The zero-order valence-corrected chi connectivity index (χ0v) is 17.3. The van der Waals surface area contributed by atoms with Crippen LogP contribution >= 0.6 is 11.3 Å². The molecule has 1 amide bonds. The van der Waals surface area contributed by atoms with Crippen LogP contribution in [0.3, 0.4) is 0 Å². The molecular weight excluding hydrogens is 380 g/mol. The lowest BCUT2D eigenvalue weighted by molar-refractivity contribution is 0.0982. The minimum Gasteiger partial charge on any atom is -0.314 e. The van der Waals surface area contributed by atoms with Gasteiger partial charge in [0.15, 0.2) is 0 Å². The van der Waals surface area contributed by atoms with Crippen LogP contribution in [0.4, 0.5) is 5.69 Å². The van der Waals surface area contributed by atoms with E-state index < -0.39 is 0 Å². The number of hydrogen-bond donors (Lipinski definition) is 1. The Bertz CT molecular complexity index is 1060. The molecule has 0 saturated heterocycles. The van der Waals surface area contributed by atoms with Crippen LogP contribution in [0.2, 0.25) is 0 Å². The number of aryl methyl sites for hydroxylation is 1. The zero-order chi connectivity index (χ0) is 19.8. The third-order valence-electron chi connectivity index (χ3n) is 5.55. The number of para-hydroxylation sites is 1. The second-order valence-corrected chi connectivity index (χ2v) is 8.95. The molecule has 0 bridgehead atoms. The molecule has 6 heteroatoms. The highest BCUT2D eigenvalue weighted by Crippen LogP contribution is 2.41. The van der Waals surface area contributed by atoms with E-state index in [1.165, 1.54) is 34.5 Å². The molecule has 1 N–H and O–H groups in total. The van der Waals surface area contributed by atoms with Gasteiger partial charge in [0.2, 0.25) is 0 Å². The first-order valence-corrected chi connectivity index (χ1v) is 11.1. The molecule has 2 aromatic heterocycles. The number of nitrogens with one attached hydrogen (secondary N) is 1. The van der Waals surface area contributed by atoms with E-state index in [1.54, 1.807) is 6.07 Å². The molecule has 0 unspecified atom stereocenters. The van der Waals surface area contributed by atoms with Gasteiger partial charge in [0, 0.05) is 40.1 Å². The molecule has 1 aliphatic carbocycles. The fourth-order valence-corrected chi connectivity index (χ4v) is 5.13. The van der Waals surface area contributed by atoms with Crippen molar-refractivity contribution in [2.45, 2.75) is 38.6 Å². The van der Waals surface area contributed by atoms with E-state index >= 15 is 0 Å². The lowest BCUT2D eigenvalue weighted by atomic mass is 10.1. The molecule has 1 fully saturated rings. The Balaban J connectivity index is 1.45. The van der Waals surface area contributed by atoms with Gasteiger partial charge in [-0.05, 0) is 56.4 Å². The topological polar surface area (TPSA) is 58.1 Å². The van der Waals surface area contributed by atoms with Crippen LogP contribution in [0.15, 0.2) is 42.7 Å². The maximum absolute atomic E-state index is 13.2. The number of nitrogens with zero attached hydrogens (tertiary/aromatic N) is 3. The van der Waals surface area contributed by atoms with E-state index in [-0.39, 0.29) is 5.91 Å². The van der Waals surface area contributed by atoms with Gasteiger partial charge in [-0.15, -0.1) is 11.3 Å². The predicted molar refractivity (Wildman–Crippen MR) is 117 cm³/mol. The largest absolute Gasteiger partial charge is 0.314 e. The van der Waals surface area contributed by atoms with E-state index in [1.807, 2.05) is 35.3 Å². The summed E-state index contributed by atoms with van der Waals surface area (Å²) in [6.07, 6.45) is 6.03. The van der Waals surface area contributed by atoms with Crippen LogP contribution in [-0.2, 0) is 12.8 Å². The summed E-state index contributed by atoms with van der Waals surface area (Å²) in [5.74, 6) is -0.0630. The van der Waals surface area contributed by atoms with E-state index in [4.69, 9.17) is 0 Å². The summed E-state index contributed by atoms with van der Waals surface area (Å²) in [7, 11) is 0. The van der Waals surface area contributed by atoms with Crippen molar-refractivity contribution < 1.29 is 4.79 Å². The lowest BCUT2D eigenvalue weighted by Crippen LogP contribution is -2.33. The van der Waals surface area contributed by atoms with Crippen LogP contribution < -0.4 is 10.2 Å². The monoisotopic (exact) mass is 404 g/mol. The third-order valence-corrected chi connectivity index (χ3v) is 6.82. The molecule has 5 nitrogen and oxygen atoms in total. The first kappa shape index (κ1) is 18.5. The van der Waals surface area contributed by atoms with E-state index in [2.05, 4.69) is 33.5 Å². The smallest absolute Gasteiger partial charge is 0.277 e. The molecule has 2 aliphatic rings. The summed E-state index contributed by atoms with van der Waals surface area (Å²) in [5, 5.41) is 3.60. The minimum absolute atomic E-state index is 0.0630. The first-order valence-electron chi connectivity index (χ1n) is 10.2. The van der Waals surface area contributed by atoms with Gasteiger partial charge < -0.3 is 10.2 Å². The maximum atomic E-state index is 13.2. The van der Waals surface area contributed by atoms with Gasteiger partial charge in [0.25, 0.3) is 5.91 Å². The Labute approximate surface area is 174 Å². The fraction of sp³-hybridized carbons (Fsp3) is 0.348. The molecular formula is C23H24N4OS. The Kier molecular flexibility index (Phi) is 4.89. The average molecular weight is 405 g/mol. The number of carbonyl (C=O) groups excluding carboxylic acids is 1. The highest BCUT2D eigenvalue weighted by molar-refractivity contribution is 7.15. The number of thiophene rings is 1. The van der Waals surface area contributed by atoms with Crippen LogP contribution in [0.25, 0.3) is 10.4 Å². The quantitative estimate of drug-likeness (QED) is 0.698. The second-order valence-electron chi connectivity index (χ2n) is 7.81. The van der Waals surface area contributed by atoms with Crippen LogP contribution in [-0.4, -0.2) is 35.0 Å². The van der Waals surface area contributed by atoms with E-state index in [0.29, 0.717) is 12.2 Å². The second kappa shape index (κ2) is 7.69. The number of rotatable bonds is 5. The molecule has 1 saturated carbocycles. The van der Waals surface area contributed by atoms with Gasteiger partial charge in [0.1, 0.15) is 12.0 Å². The van der Waals surface area contributed by atoms with Crippen molar-refractivity contribution in [1.82, 2.24) is 15.3 Å². The van der Waals surface area contributed by atoms with Gasteiger partial charge in [-0.2, -0.15) is 0 Å². The van der Waals surface area contributed by atoms with Crippen molar-refractivity contribution in [3.63, 3.8) is 0 Å². The Morgan fingerprint density at radius 3 is 2.93 bits per heavy atom. The van der Waals surface area contributed by atoms with Crippen molar-refractivity contribution in [2.75, 3.05) is 18.0 Å². The Morgan fingerprint density at radius 1 is 1.24 bits per heavy atom.